The molecular weight excluding hydrogens is 540 g/mol. The van der Waals surface area contributed by atoms with Crippen LogP contribution >= 0.6 is 0 Å². The van der Waals surface area contributed by atoms with Gasteiger partial charge >= 0.3 is 0 Å². The molecule has 0 aliphatic carbocycles. The van der Waals surface area contributed by atoms with Crippen molar-refractivity contribution in [2.24, 2.45) is 5.10 Å². The summed E-state index contributed by atoms with van der Waals surface area (Å²) in [5.74, 6) is 1.83. The fourth-order valence-electron chi connectivity index (χ4n) is 6.19. The summed E-state index contributed by atoms with van der Waals surface area (Å²) in [6, 6.07) is 22.1. The highest BCUT2D eigenvalue weighted by Gasteiger charge is 2.25. The molecule has 1 atom stereocenters. The van der Waals surface area contributed by atoms with Crippen LogP contribution in [0.5, 0.6) is 5.75 Å². The number of nitrogens with one attached hydrogen (secondary N) is 1. The van der Waals surface area contributed by atoms with E-state index in [1.165, 1.54) is 0 Å². The lowest BCUT2D eigenvalue weighted by Gasteiger charge is -2.17. The van der Waals surface area contributed by atoms with Gasteiger partial charge in [0.25, 0.3) is 5.56 Å². The molecule has 9 heteroatoms. The molecule has 2 aliphatic heterocycles. The molecule has 2 aromatic heterocycles. The Labute approximate surface area is 248 Å². The number of carbonyl (C=O) groups is 1. The van der Waals surface area contributed by atoms with Crippen LogP contribution in [0.1, 0.15) is 60.5 Å². The monoisotopic (exact) mass is 572 g/mol. The highest BCUT2D eigenvalue weighted by Crippen LogP contribution is 2.32. The third-order valence-corrected chi connectivity index (χ3v) is 8.09. The van der Waals surface area contributed by atoms with Gasteiger partial charge in [-0.15, -0.1) is 0 Å². The van der Waals surface area contributed by atoms with Gasteiger partial charge in [-0.25, -0.2) is 14.5 Å². The average Bonchev–Trinajstić information content (AvgIpc) is 3.72. The maximum atomic E-state index is 14.5. The second kappa shape index (κ2) is 10.7. The molecule has 1 amide bonds. The first kappa shape index (κ1) is 26.8. The Morgan fingerprint density at radius 2 is 1.86 bits per heavy atom. The molecule has 3 aromatic carbocycles. The fourth-order valence-corrected chi connectivity index (χ4v) is 6.19. The molecule has 0 fully saturated rings. The topological polar surface area (TPSA) is 103 Å². The van der Waals surface area contributed by atoms with Gasteiger partial charge in [0.05, 0.1) is 23.5 Å². The summed E-state index contributed by atoms with van der Waals surface area (Å²) in [7, 11) is 0. The van der Waals surface area contributed by atoms with Crippen LogP contribution in [0.25, 0.3) is 22.6 Å². The van der Waals surface area contributed by atoms with Crippen LogP contribution in [0.2, 0.25) is 0 Å². The minimum absolute atomic E-state index is 0.0998. The maximum absolute atomic E-state index is 14.5. The Kier molecular flexibility index (Phi) is 6.65. The van der Waals surface area contributed by atoms with Crippen LogP contribution in [0.4, 0.5) is 0 Å². The third-order valence-electron chi connectivity index (χ3n) is 8.09. The number of aromatic nitrogens is 4. The van der Waals surface area contributed by atoms with Crippen molar-refractivity contribution in [1.29, 1.82) is 0 Å². The van der Waals surface area contributed by atoms with Crippen molar-refractivity contribution in [3.05, 3.63) is 111 Å². The Morgan fingerprint density at radius 3 is 2.63 bits per heavy atom. The molecule has 2 aliphatic rings. The zero-order valence-corrected chi connectivity index (χ0v) is 24.4. The van der Waals surface area contributed by atoms with E-state index < -0.39 is 0 Å². The van der Waals surface area contributed by atoms with Gasteiger partial charge < -0.3 is 4.74 Å². The van der Waals surface area contributed by atoms with E-state index in [-0.39, 0.29) is 24.0 Å². The minimum atomic E-state index is -0.131. The van der Waals surface area contributed by atoms with Gasteiger partial charge in [0.1, 0.15) is 17.7 Å². The van der Waals surface area contributed by atoms with Gasteiger partial charge in [-0.3, -0.25) is 9.59 Å². The molecule has 0 saturated carbocycles. The summed E-state index contributed by atoms with van der Waals surface area (Å²) < 4.78 is 9.44. The number of fused-ring (bicyclic) bond motifs is 2. The lowest BCUT2D eigenvalue weighted by Crippen LogP contribution is -2.28. The number of hydrogen-bond acceptors (Lipinski definition) is 6. The van der Waals surface area contributed by atoms with Crippen LogP contribution in [-0.2, 0) is 24.1 Å². The molecule has 5 aromatic rings. The Morgan fingerprint density at radius 1 is 1.02 bits per heavy atom. The Hall–Kier alpha value is -5.05. The number of aryl methyl sites for hydroxylation is 2. The number of hydrogen-bond donors (Lipinski definition) is 1. The van der Waals surface area contributed by atoms with E-state index in [4.69, 9.17) is 14.8 Å². The first-order valence-electron chi connectivity index (χ1n) is 14.7. The van der Waals surface area contributed by atoms with Crippen molar-refractivity contribution in [2.75, 3.05) is 0 Å². The predicted molar refractivity (Wildman–Crippen MR) is 165 cm³/mol. The highest BCUT2D eigenvalue weighted by molar-refractivity contribution is 6.16. The van der Waals surface area contributed by atoms with E-state index in [0.717, 1.165) is 57.8 Å². The molecule has 1 N–H and O–H groups in total. The largest absolute Gasteiger partial charge is 0.490 e. The number of nitrogens with zero attached hydrogens (tertiary/aromatic N) is 5. The highest BCUT2D eigenvalue weighted by atomic mass is 16.5. The van der Waals surface area contributed by atoms with E-state index in [1.54, 1.807) is 4.57 Å². The number of rotatable bonds is 7. The van der Waals surface area contributed by atoms with E-state index >= 15 is 0 Å². The summed E-state index contributed by atoms with van der Waals surface area (Å²) in [6.45, 7) is 5.99. The standard InChI is InChI=1S/C34H32N6O3/c1-4-8-30-28(17-22-11-13-26(23-9-6-5-7-10-23)27(16-22)29-19-32(41)37-36-29)33(42)39(34-35-21(3)38-40(30)34)25-12-14-31-24(18-25)15-20(2)43-31/h5-7,9-14,16,18,20H,4,8,15,17,19H2,1-3H3,(H,37,41). The molecular formula is C34H32N6O3. The smallest absolute Gasteiger partial charge is 0.263 e. The van der Waals surface area contributed by atoms with E-state index in [1.807, 2.05) is 66.9 Å². The molecule has 216 valence electrons. The first-order chi connectivity index (χ1) is 20.9. The molecule has 0 spiro atoms. The van der Waals surface area contributed by atoms with Crippen molar-refractivity contribution < 1.29 is 9.53 Å². The Bertz CT molecular complexity index is 1990. The van der Waals surface area contributed by atoms with Gasteiger partial charge in [-0.05, 0) is 66.8 Å². The number of hydrazone groups is 1. The number of benzene rings is 3. The predicted octanol–water partition coefficient (Wildman–Crippen LogP) is 4.95. The van der Waals surface area contributed by atoms with Gasteiger partial charge in [0.15, 0.2) is 0 Å². The normalized spacial score (nSPS) is 15.8. The molecule has 0 bridgehead atoms. The van der Waals surface area contributed by atoms with Crippen LogP contribution in [0, 0.1) is 6.92 Å². The van der Waals surface area contributed by atoms with Crippen LogP contribution in [-0.4, -0.2) is 36.9 Å². The maximum Gasteiger partial charge on any atom is 0.263 e. The van der Waals surface area contributed by atoms with E-state index in [9.17, 15) is 9.59 Å². The van der Waals surface area contributed by atoms with Crippen molar-refractivity contribution >= 4 is 17.4 Å². The van der Waals surface area contributed by atoms with Gasteiger partial charge in [0, 0.05) is 24.0 Å². The molecule has 7 rings (SSSR count). The van der Waals surface area contributed by atoms with Crippen molar-refractivity contribution in [2.45, 2.75) is 59.0 Å². The lowest BCUT2D eigenvalue weighted by molar-refractivity contribution is -0.119. The summed E-state index contributed by atoms with van der Waals surface area (Å²) in [6.07, 6.45) is 3.02. The Balaban J connectivity index is 1.40. The zero-order chi connectivity index (χ0) is 29.7. The lowest BCUT2D eigenvalue weighted by atomic mass is 9.91. The fraction of sp³-hybridized carbons (Fsp3) is 0.265. The molecule has 0 saturated heterocycles. The SMILES string of the molecule is CCCc1c(Cc2ccc(-c3ccccc3)c(C3=NNC(=O)C3)c2)c(=O)n(-c2ccc3c(c2)CC(C)O3)c2nc(C)nn12. The quantitative estimate of drug-likeness (QED) is 0.297. The minimum Gasteiger partial charge on any atom is -0.490 e. The third kappa shape index (κ3) is 4.80. The summed E-state index contributed by atoms with van der Waals surface area (Å²) in [5.41, 5.74) is 10.4. The number of carbonyl (C=O) groups excluding carboxylic acids is 1. The first-order valence-corrected chi connectivity index (χ1v) is 14.7. The molecule has 1 unspecified atom stereocenters. The van der Waals surface area contributed by atoms with Gasteiger partial charge in [-0.2, -0.15) is 15.2 Å². The van der Waals surface area contributed by atoms with Crippen LogP contribution in [0.3, 0.4) is 0 Å². The van der Waals surface area contributed by atoms with Crippen molar-refractivity contribution in [1.82, 2.24) is 24.6 Å². The molecule has 9 nitrogen and oxygen atoms in total. The van der Waals surface area contributed by atoms with E-state index in [2.05, 4.69) is 35.7 Å². The second-order valence-electron chi connectivity index (χ2n) is 11.3. The van der Waals surface area contributed by atoms with E-state index in [0.29, 0.717) is 35.7 Å². The summed E-state index contributed by atoms with van der Waals surface area (Å²) in [5, 5.41) is 9.08. The second-order valence-corrected chi connectivity index (χ2v) is 11.3. The zero-order valence-electron chi connectivity index (χ0n) is 24.4. The van der Waals surface area contributed by atoms with Crippen molar-refractivity contribution in [3.63, 3.8) is 0 Å². The average molecular weight is 573 g/mol. The molecule has 43 heavy (non-hydrogen) atoms. The van der Waals surface area contributed by atoms with Crippen LogP contribution < -0.4 is 15.7 Å². The van der Waals surface area contributed by atoms with Crippen LogP contribution in [0.15, 0.2) is 76.6 Å². The summed E-state index contributed by atoms with van der Waals surface area (Å²) in [4.78, 5) is 31.3. The van der Waals surface area contributed by atoms with Gasteiger partial charge in [0.2, 0.25) is 11.7 Å². The van der Waals surface area contributed by atoms with Gasteiger partial charge in [-0.1, -0.05) is 55.8 Å². The number of amides is 1. The molecule has 4 heterocycles. The number of ether oxygens (including phenoxy) is 1. The van der Waals surface area contributed by atoms with Crippen molar-refractivity contribution in [3.8, 4) is 22.6 Å². The molecule has 0 radical (unpaired) electrons. The summed E-state index contributed by atoms with van der Waals surface area (Å²) >= 11 is 0.